The number of anilines is 3. The summed E-state index contributed by atoms with van der Waals surface area (Å²) in [5.41, 5.74) is 4.68. The summed E-state index contributed by atoms with van der Waals surface area (Å²) < 4.78 is 16.0. The summed E-state index contributed by atoms with van der Waals surface area (Å²) >= 11 is 1.19. The molecule has 0 aliphatic carbocycles. The summed E-state index contributed by atoms with van der Waals surface area (Å²) in [5, 5.41) is 7.75. The van der Waals surface area contributed by atoms with Crippen LogP contribution in [0.5, 0.6) is 5.75 Å². The maximum Gasteiger partial charge on any atom is 0.247 e. The predicted octanol–water partition coefficient (Wildman–Crippen LogP) is 2.76. The maximum atomic E-state index is 5.78. The molecule has 5 aromatic rings. The number of rotatable bonds is 3. The molecule has 11 heteroatoms. The lowest BCUT2D eigenvalue weighted by Gasteiger charge is -2.26. The number of fused-ring (bicyclic) bond motifs is 3. The molecule has 0 unspecified atom stereocenters. The topological polar surface area (TPSA) is 106 Å². The molecule has 6 rings (SSSR count). The zero-order valence-corrected chi connectivity index (χ0v) is 16.7. The molecule has 0 saturated carbocycles. The van der Waals surface area contributed by atoms with Crippen LogP contribution in [0.15, 0.2) is 42.9 Å². The monoisotopic (exact) mass is 417 g/mol. The van der Waals surface area contributed by atoms with Crippen LogP contribution in [0.2, 0.25) is 0 Å². The zero-order valence-electron chi connectivity index (χ0n) is 15.8. The van der Waals surface area contributed by atoms with Gasteiger partial charge >= 0.3 is 0 Å². The van der Waals surface area contributed by atoms with E-state index in [1.54, 1.807) is 23.1 Å². The SMILES string of the molecule is CN1CCOc2cc(-c3nccn4nc(Nc5ccc6nsnc6c5)nc34)cnc21. The van der Waals surface area contributed by atoms with Crippen molar-refractivity contribution in [2.45, 2.75) is 0 Å². The Balaban J connectivity index is 1.38. The summed E-state index contributed by atoms with van der Waals surface area (Å²) in [7, 11) is 2.00. The van der Waals surface area contributed by atoms with E-state index in [1.807, 2.05) is 31.3 Å². The van der Waals surface area contributed by atoms with Crippen molar-refractivity contribution in [2.24, 2.45) is 0 Å². The van der Waals surface area contributed by atoms with Crippen LogP contribution in [0.4, 0.5) is 17.5 Å². The van der Waals surface area contributed by atoms with Gasteiger partial charge < -0.3 is 15.0 Å². The Labute approximate surface area is 174 Å². The Kier molecular flexibility index (Phi) is 3.74. The minimum absolute atomic E-state index is 0.466. The van der Waals surface area contributed by atoms with Crippen molar-refractivity contribution in [1.82, 2.24) is 33.3 Å². The second kappa shape index (κ2) is 6.59. The number of ether oxygens (including phenoxy) is 1. The van der Waals surface area contributed by atoms with Gasteiger partial charge in [-0.3, -0.25) is 4.98 Å². The number of nitrogens with one attached hydrogen (secondary N) is 1. The number of pyridine rings is 1. The fourth-order valence-corrected chi connectivity index (χ4v) is 3.94. The first-order valence-electron chi connectivity index (χ1n) is 9.30. The van der Waals surface area contributed by atoms with Gasteiger partial charge in [-0.25, -0.2) is 9.50 Å². The summed E-state index contributed by atoms with van der Waals surface area (Å²) in [4.78, 5) is 15.8. The van der Waals surface area contributed by atoms with Crippen LogP contribution in [0.25, 0.3) is 27.9 Å². The summed E-state index contributed by atoms with van der Waals surface area (Å²) in [5.74, 6) is 2.04. The third-order valence-corrected chi connectivity index (χ3v) is 5.47. The molecule has 1 aliphatic heterocycles. The molecule has 30 heavy (non-hydrogen) atoms. The van der Waals surface area contributed by atoms with Crippen LogP contribution in [-0.4, -0.2) is 53.5 Å². The summed E-state index contributed by atoms with van der Waals surface area (Å²) in [6.07, 6.45) is 5.25. The molecule has 0 atom stereocenters. The van der Waals surface area contributed by atoms with Crippen molar-refractivity contribution < 1.29 is 4.74 Å². The molecule has 0 radical (unpaired) electrons. The first-order chi connectivity index (χ1) is 14.7. The smallest absolute Gasteiger partial charge is 0.247 e. The quantitative estimate of drug-likeness (QED) is 0.474. The van der Waals surface area contributed by atoms with Crippen molar-refractivity contribution in [2.75, 3.05) is 30.4 Å². The van der Waals surface area contributed by atoms with Crippen LogP contribution >= 0.6 is 11.7 Å². The molecule has 0 spiro atoms. The average molecular weight is 417 g/mol. The molecule has 5 heterocycles. The highest BCUT2D eigenvalue weighted by molar-refractivity contribution is 7.00. The Hall–Kier alpha value is -3.86. The molecule has 1 N–H and O–H groups in total. The van der Waals surface area contributed by atoms with Crippen LogP contribution in [-0.2, 0) is 0 Å². The van der Waals surface area contributed by atoms with E-state index in [2.05, 4.69) is 39.0 Å². The summed E-state index contributed by atoms with van der Waals surface area (Å²) in [6, 6.07) is 7.71. The number of aromatic nitrogens is 7. The van der Waals surface area contributed by atoms with Crippen molar-refractivity contribution in [3.8, 4) is 17.0 Å². The molecule has 1 aromatic carbocycles. The minimum Gasteiger partial charge on any atom is -0.488 e. The largest absolute Gasteiger partial charge is 0.488 e. The normalized spacial score (nSPS) is 13.4. The molecule has 0 amide bonds. The van der Waals surface area contributed by atoms with Gasteiger partial charge in [0.1, 0.15) is 23.3 Å². The zero-order chi connectivity index (χ0) is 20.1. The third kappa shape index (κ3) is 2.78. The predicted molar refractivity (Wildman–Crippen MR) is 113 cm³/mol. The van der Waals surface area contributed by atoms with Crippen molar-refractivity contribution in [3.63, 3.8) is 0 Å². The minimum atomic E-state index is 0.466. The first-order valence-corrected chi connectivity index (χ1v) is 10.0. The van der Waals surface area contributed by atoms with Gasteiger partial charge in [0.15, 0.2) is 17.2 Å². The number of likely N-dealkylation sites (N-methyl/N-ethyl adjacent to an activating group) is 1. The lowest BCUT2D eigenvalue weighted by atomic mass is 10.2. The molecule has 0 saturated heterocycles. The van der Waals surface area contributed by atoms with Crippen molar-refractivity contribution in [3.05, 3.63) is 42.9 Å². The fourth-order valence-electron chi connectivity index (χ4n) is 3.42. The second-order valence-corrected chi connectivity index (χ2v) is 7.42. The third-order valence-electron chi connectivity index (χ3n) is 4.92. The van der Waals surface area contributed by atoms with Crippen LogP contribution in [0.1, 0.15) is 0 Å². The van der Waals surface area contributed by atoms with Crippen molar-refractivity contribution >= 4 is 45.9 Å². The van der Waals surface area contributed by atoms with Gasteiger partial charge in [0.25, 0.3) is 0 Å². The number of hydrogen-bond acceptors (Lipinski definition) is 10. The lowest BCUT2D eigenvalue weighted by molar-refractivity contribution is 0.309. The molecule has 1 aliphatic rings. The average Bonchev–Trinajstić information content (AvgIpc) is 3.39. The molecular weight excluding hydrogens is 402 g/mol. The van der Waals surface area contributed by atoms with Crippen LogP contribution in [0.3, 0.4) is 0 Å². The lowest BCUT2D eigenvalue weighted by Crippen LogP contribution is -2.29. The summed E-state index contributed by atoms with van der Waals surface area (Å²) in [6.45, 7) is 1.44. The van der Waals surface area contributed by atoms with Gasteiger partial charge in [0, 0.05) is 36.9 Å². The number of benzene rings is 1. The van der Waals surface area contributed by atoms with Gasteiger partial charge in [-0.15, -0.1) is 5.10 Å². The molecular formula is C19H15N9OS. The Morgan fingerprint density at radius 3 is 3.03 bits per heavy atom. The molecule has 0 fully saturated rings. The molecule has 10 nitrogen and oxygen atoms in total. The van der Waals surface area contributed by atoms with E-state index in [-0.39, 0.29) is 0 Å². The van der Waals surface area contributed by atoms with E-state index in [1.165, 1.54) is 11.7 Å². The van der Waals surface area contributed by atoms with E-state index in [0.29, 0.717) is 23.9 Å². The molecule has 148 valence electrons. The first kappa shape index (κ1) is 17.0. The van der Waals surface area contributed by atoms with E-state index in [4.69, 9.17) is 4.74 Å². The number of nitrogens with zero attached hydrogens (tertiary/aromatic N) is 8. The fraction of sp³-hybridized carbons (Fsp3) is 0.158. The maximum absolute atomic E-state index is 5.78. The Morgan fingerprint density at radius 1 is 1.13 bits per heavy atom. The van der Waals surface area contributed by atoms with E-state index in [9.17, 15) is 0 Å². The van der Waals surface area contributed by atoms with Gasteiger partial charge in [0.05, 0.1) is 18.3 Å². The van der Waals surface area contributed by atoms with E-state index in [0.717, 1.165) is 40.4 Å². The highest BCUT2D eigenvalue weighted by atomic mass is 32.1. The standard InChI is InChI=1S/C19H15N9OS/c1-27-6-7-29-15-8-11(10-21-17(15)27)16-18-23-19(24-28(18)5-4-20-16)22-12-2-3-13-14(9-12)26-30-25-13/h2-5,8-10H,6-7H2,1H3,(H,22,24). The number of hydrogen-bond donors (Lipinski definition) is 1. The van der Waals surface area contributed by atoms with E-state index >= 15 is 0 Å². The highest BCUT2D eigenvalue weighted by Crippen LogP contribution is 2.33. The van der Waals surface area contributed by atoms with Gasteiger partial charge in [-0.2, -0.15) is 13.7 Å². The second-order valence-electron chi connectivity index (χ2n) is 6.89. The van der Waals surface area contributed by atoms with Gasteiger partial charge in [-0.1, -0.05) is 0 Å². The van der Waals surface area contributed by atoms with Gasteiger partial charge in [-0.05, 0) is 24.3 Å². The van der Waals surface area contributed by atoms with Crippen molar-refractivity contribution in [1.29, 1.82) is 0 Å². The Bertz CT molecular complexity index is 1400. The molecule has 0 bridgehead atoms. The Morgan fingerprint density at radius 2 is 2.07 bits per heavy atom. The van der Waals surface area contributed by atoms with Crippen LogP contribution in [0, 0.1) is 0 Å². The van der Waals surface area contributed by atoms with Gasteiger partial charge in [0.2, 0.25) is 5.95 Å². The highest BCUT2D eigenvalue weighted by Gasteiger charge is 2.19. The molecule has 4 aromatic heterocycles. The van der Waals surface area contributed by atoms with Crippen LogP contribution < -0.4 is 15.0 Å². The van der Waals surface area contributed by atoms with E-state index < -0.39 is 0 Å².